The summed E-state index contributed by atoms with van der Waals surface area (Å²) >= 11 is 11.2. The van der Waals surface area contributed by atoms with Gasteiger partial charge in [-0.2, -0.15) is 0 Å². The molecule has 0 spiro atoms. The number of aryl methyl sites for hydroxylation is 1. The largest absolute Gasteiger partial charge is 0.353 e. The van der Waals surface area contributed by atoms with Gasteiger partial charge in [-0.05, 0) is 43.3 Å². The summed E-state index contributed by atoms with van der Waals surface area (Å²) in [7, 11) is 0. The summed E-state index contributed by atoms with van der Waals surface area (Å²) in [6, 6.07) is 5.99. The Morgan fingerprint density at radius 1 is 1.53 bits per heavy atom. The monoisotopic (exact) mass is 295 g/mol. The van der Waals surface area contributed by atoms with Crippen molar-refractivity contribution in [2.45, 2.75) is 31.8 Å². The second-order valence-corrected chi connectivity index (χ2v) is 5.66. The van der Waals surface area contributed by atoms with Crippen molar-refractivity contribution in [2.75, 3.05) is 0 Å². The van der Waals surface area contributed by atoms with E-state index < -0.39 is 0 Å². The van der Waals surface area contributed by atoms with Gasteiger partial charge in [0.25, 0.3) is 0 Å². The van der Waals surface area contributed by atoms with Gasteiger partial charge in [0.15, 0.2) is 4.77 Å². The molecule has 100 valence electrons. The van der Waals surface area contributed by atoms with E-state index in [1.807, 2.05) is 22.8 Å². The number of amides is 1. The quantitative estimate of drug-likeness (QED) is 0.852. The average Bonchev–Trinajstić information content (AvgIpc) is 3.10. The number of aromatic nitrogens is 2. The molecule has 6 heteroatoms. The predicted molar refractivity (Wildman–Crippen MR) is 77.9 cm³/mol. The molecule has 1 aliphatic carbocycles. The van der Waals surface area contributed by atoms with Crippen LogP contribution in [0.3, 0.4) is 0 Å². The van der Waals surface area contributed by atoms with E-state index in [1.165, 1.54) is 0 Å². The Labute approximate surface area is 120 Å². The molecule has 1 amide bonds. The highest BCUT2D eigenvalue weighted by atomic mass is 35.5. The minimum atomic E-state index is 0.0905. The van der Waals surface area contributed by atoms with Gasteiger partial charge >= 0.3 is 0 Å². The number of hydrogen-bond donors (Lipinski definition) is 2. The molecular formula is C13H14ClN3OS. The van der Waals surface area contributed by atoms with Crippen LogP contribution >= 0.6 is 23.8 Å². The number of fused-ring (bicyclic) bond motifs is 1. The zero-order valence-corrected chi connectivity index (χ0v) is 11.9. The molecule has 19 heavy (non-hydrogen) atoms. The van der Waals surface area contributed by atoms with E-state index in [0.717, 1.165) is 23.9 Å². The Morgan fingerprint density at radius 3 is 3.05 bits per heavy atom. The third kappa shape index (κ3) is 2.82. The number of nitrogens with one attached hydrogen (secondary N) is 2. The van der Waals surface area contributed by atoms with Crippen LogP contribution in [0.15, 0.2) is 18.2 Å². The standard InChI is InChI=1S/C13H14ClN3OS/c14-8-1-4-11-10(7-8)16-13(19)17(11)6-5-12(18)15-9-2-3-9/h1,4,7,9H,2-3,5-6H2,(H,15,18)(H,16,19). The van der Waals surface area contributed by atoms with Crippen molar-refractivity contribution in [1.29, 1.82) is 0 Å². The van der Waals surface area contributed by atoms with E-state index in [9.17, 15) is 4.79 Å². The first-order valence-corrected chi connectivity index (χ1v) is 7.09. The molecule has 2 aromatic rings. The molecule has 1 fully saturated rings. The Morgan fingerprint density at radius 2 is 2.32 bits per heavy atom. The number of halogens is 1. The Kier molecular flexibility index (Phi) is 3.33. The maximum absolute atomic E-state index is 11.7. The molecule has 1 saturated carbocycles. The summed E-state index contributed by atoms with van der Waals surface area (Å²) < 4.78 is 2.56. The average molecular weight is 296 g/mol. The summed E-state index contributed by atoms with van der Waals surface area (Å²) in [6.07, 6.45) is 2.66. The van der Waals surface area contributed by atoms with Crippen LogP contribution in [-0.4, -0.2) is 21.5 Å². The lowest BCUT2D eigenvalue weighted by molar-refractivity contribution is -0.121. The molecule has 0 aliphatic heterocycles. The molecule has 0 unspecified atom stereocenters. The van der Waals surface area contributed by atoms with Crippen LogP contribution in [0.5, 0.6) is 0 Å². The van der Waals surface area contributed by atoms with E-state index >= 15 is 0 Å². The molecule has 0 bridgehead atoms. The Hall–Kier alpha value is -1.33. The van der Waals surface area contributed by atoms with E-state index in [-0.39, 0.29) is 5.91 Å². The lowest BCUT2D eigenvalue weighted by atomic mass is 10.3. The van der Waals surface area contributed by atoms with Crippen molar-refractivity contribution in [1.82, 2.24) is 14.9 Å². The smallest absolute Gasteiger partial charge is 0.222 e. The van der Waals surface area contributed by atoms with Gasteiger partial charge in [-0.1, -0.05) is 11.6 Å². The first kappa shape index (κ1) is 12.7. The van der Waals surface area contributed by atoms with Crippen LogP contribution < -0.4 is 5.32 Å². The Bertz CT molecular complexity index is 687. The van der Waals surface area contributed by atoms with Gasteiger partial charge < -0.3 is 14.9 Å². The van der Waals surface area contributed by atoms with Crippen molar-refractivity contribution >= 4 is 40.8 Å². The lowest BCUT2D eigenvalue weighted by Crippen LogP contribution is -2.26. The first-order valence-electron chi connectivity index (χ1n) is 6.31. The van der Waals surface area contributed by atoms with Gasteiger partial charge in [0, 0.05) is 24.0 Å². The molecule has 2 N–H and O–H groups in total. The molecule has 3 rings (SSSR count). The zero-order valence-electron chi connectivity index (χ0n) is 10.3. The van der Waals surface area contributed by atoms with Crippen LogP contribution in [0.2, 0.25) is 5.02 Å². The van der Waals surface area contributed by atoms with Crippen molar-refractivity contribution in [3.8, 4) is 0 Å². The Balaban J connectivity index is 1.78. The summed E-state index contributed by atoms with van der Waals surface area (Å²) in [5, 5.41) is 3.64. The van der Waals surface area contributed by atoms with Gasteiger partial charge in [0.2, 0.25) is 5.91 Å². The van der Waals surface area contributed by atoms with Crippen molar-refractivity contribution in [2.24, 2.45) is 0 Å². The number of H-pyrrole nitrogens is 1. The van der Waals surface area contributed by atoms with E-state index in [4.69, 9.17) is 23.8 Å². The highest BCUT2D eigenvalue weighted by molar-refractivity contribution is 7.71. The molecule has 1 aromatic heterocycles. The predicted octanol–water partition coefficient (Wildman–Crippen LogP) is 3.02. The molecule has 0 saturated heterocycles. The summed E-state index contributed by atoms with van der Waals surface area (Å²) in [4.78, 5) is 14.8. The third-order valence-electron chi connectivity index (χ3n) is 3.24. The van der Waals surface area contributed by atoms with E-state index in [0.29, 0.717) is 28.8 Å². The molecule has 1 heterocycles. The van der Waals surface area contributed by atoms with Crippen LogP contribution in [0, 0.1) is 4.77 Å². The van der Waals surface area contributed by atoms with Crippen molar-refractivity contribution in [3.05, 3.63) is 28.0 Å². The minimum absolute atomic E-state index is 0.0905. The zero-order chi connectivity index (χ0) is 13.4. The highest BCUT2D eigenvalue weighted by Crippen LogP contribution is 2.20. The molecule has 0 radical (unpaired) electrons. The van der Waals surface area contributed by atoms with Crippen molar-refractivity contribution < 1.29 is 4.79 Å². The molecule has 1 aromatic carbocycles. The first-order chi connectivity index (χ1) is 9.13. The summed E-state index contributed by atoms with van der Waals surface area (Å²) in [5.41, 5.74) is 1.88. The second kappa shape index (κ2) is 4.98. The van der Waals surface area contributed by atoms with E-state index in [2.05, 4.69) is 10.3 Å². The minimum Gasteiger partial charge on any atom is -0.353 e. The fourth-order valence-corrected chi connectivity index (χ4v) is 2.57. The topological polar surface area (TPSA) is 49.8 Å². The van der Waals surface area contributed by atoms with Crippen LogP contribution in [-0.2, 0) is 11.3 Å². The van der Waals surface area contributed by atoms with Crippen LogP contribution in [0.1, 0.15) is 19.3 Å². The number of rotatable bonds is 4. The molecule has 1 aliphatic rings. The fourth-order valence-electron chi connectivity index (χ4n) is 2.10. The van der Waals surface area contributed by atoms with Crippen molar-refractivity contribution in [3.63, 3.8) is 0 Å². The van der Waals surface area contributed by atoms with Gasteiger partial charge in [-0.3, -0.25) is 4.79 Å². The SMILES string of the molecule is O=C(CCn1c(=S)[nH]c2cc(Cl)ccc21)NC1CC1. The van der Waals surface area contributed by atoms with Gasteiger partial charge in [-0.25, -0.2) is 0 Å². The fraction of sp³-hybridized carbons (Fsp3) is 0.385. The van der Waals surface area contributed by atoms with Gasteiger partial charge in [0.1, 0.15) is 0 Å². The lowest BCUT2D eigenvalue weighted by Gasteiger charge is -2.05. The summed E-state index contributed by atoms with van der Waals surface area (Å²) in [6.45, 7) is 0.582. The van der Waals surface area contributed by atoms with Gasteiger partial charge in [-0.15, -0.1) is 0 Å². The normalized spacial score (nSPS) is 14.8. The maximum Gasteiger partial charge on any atom is 0.222 e. The number of aromatic amines is 1. The highest BCUT2D eigenvalue weighted by Gasteiger charge is 2.22. The number of carbonyl (C=O) groups excluding carboxylic acids is 1. The van der Waals surface area contributed by atoms with Crippen LogP contribution in [0.4, 0.5) is 0 Å². The number of hydrogen-bond acceptors (Lipinski definition) is 2. The molecule has 4 nitrogen and oxygen atoms in total. The molecular weight excluding hydrogens is 282 g/mol. The number of benzene rings is 1. The number of nitrogens with zero attached hydrogens (tertiary/aromatic N) is 1. The summed E-state index contributed by atoms with van der Waals surface area (Å²) in [5.74, 6) is 0.0905. The number of carbonyl (C=O) groups is 1. The third-order valence-corrected chi connectivity index (χ3v) is 3.80. The number of imidazole rings is 1. The maximum atomic E-state index is 11.7. The second-order valence-electron chi connectivity index (χ2n) is 4.84. The molecule has 0 atom stereocenters. The van der Waals surface area contributed by atoms with E-state index in [1.54, 1.807) is 0 Å². The van der Waals surface area contributed by atoms with Gasteiger partial charge in [0.05, 0.1) is 11.0 Å². The van der Waals surface area contributed by atoms with Crippen LogP contribution in [0.25, 0.3) is 11.0 Å².